The van der Waals surface area contributed by atoms with Crippen LogP contribution in [0.4, 0.5) is 0 Å². The summed E-state index contributed by atoms with van der Waals surface area (Å²) in [5, 5.41) is 8.45. The molecule has 0 amide bonds. The highest BCUT2D eigenvalue weighted by molar-refractivity contribution is 5.69. The minimum Gasteiger partial charge on any atom is -0.481 e. The highest BCUT2D eigenvalue weighted by atomic mass is 16.5. The SMILES string of the molecule is COCCc1nc(CC(=O)O)co1. The lowest BCUT2D eigenvalue weighted by Crippen LogP contribution is -2.01. The Morgan fingerprint density at radius 2 is 2.54 bits per heavy atom. The highest BCUT2D eigenvalue weighted by Gasteiger charge is 2.06. The molecule has 1 heterocycles. The quantitative estimate of drug-likeness (QED) is 0.722. The molecule has 1 aromatic heterocycles. The number of nitrogens with zero attached hydrogens (tertiary/aromatic N) is 1. The molecule has 0 bridgehead atoms. The van der Waals surface area contributed by atoms with Crippen LogP contribution in [0.3, 0.4) is 0 Å². The number of rotatable bonds is 5. The van der Waals surface area contributed by atoms with E-state index in [0.29, 0.717) is 24.6 Å². The van der Waals surface area contributed by atoms with Gasteiger partial charge in [-0.05, 0) is 0 Å². The standard InChI is InChI=1S/C8H11NO4/c1-12-3-2-7-9-6(5-13-7)4-8(10)11/h5H,2-4H2,1H3,(H,10,11). The first-order valence-corrected chi connectivity index (χ1v) is 3.86. The molecule has 72 valence electrons. The third kappa shape index (κ3) is 3.25. The van der Waals surface area contributed by atoms with Crippen molar-refractivity contribution >= 4 is 5.97 Å². The van der Waals surface area contributed by atoms with E-state index in [1.807, 2.05) is 0 Å². The summed E-state index contributed by atoms with van der Waals surface area (Å²) in [7, 11) is 1.58. The van der Waals surface area contributed by atoms with Crippen molar-refractivity contribution in [3.05, 3.63) is 17.8 Å². The molecular formula is C8H11NO4. The summed E-state index contributed by atoms with van der Waals surface area (Å²) in [6.07, 6.45) is 1.83. The smallest absolute Gasteiger partial charge is 0.309 e. The Bertz CT molecular complexity index is 281. The number of hydrogen-bond donors (Lipinski definition) is 1. The zero-order chi connectivity index (χ0) is 9.68. The number of carboxylic acids is 1. The first-order chi connectivity index (χ1) is 6.22. The molecule has 0 radical (unpaired) electrons. The van der Waals surface area contributed by atoms with Gasteiger partial charge in [0.05, 0.1) is 18.7 Å². The second-order valence-corrected chi connectivity index (χ2v) is 2.55. The fourth-order valence-corrected chi connectivity index (χ4v) is 0.889. The summed E-state index contributed by atoms with van der Waals surface area (Å²) >= 11 is 0. The van der Waals surface area contributed by atoms with Crippen LogP contribution in [0, 0.1) is 0 Å². The maximum Gasteiger partial charge on any atom is 0.309 e. The van der Waals surface area contributed by atoms with E-state index in [9.17, 15) is 4.79 Å². The van der Waals surface area contributed by atoms with Gasteiger partial charge in [0.2, 0.25) is 0 Å². The minimum atomic E-state index is -0.911. The molecule has 1 rings (SSSR count). The fraction of sp³-hybridized carbons (Fsp3) is 0.500. The predicted molar refractivity (Wildman–Crippen MR) is 43.4 cm³/mol. The lowest BCUT2D eigenvalue weighted by molar-refractivity contribution is -0.136. The molecule has 0 aliphatic rings. The Kier molecular flexibility index (Phi) is 3.45. The summed E-state index contributed by atoms with van der Waals surface area (Å²) in [6, 6.07) is 0. The van der Waals surface area contributed by atoms with Gasteiger partial charge in [-0.25, -0.2) is 4.98 Å². The lowest BCUT2D eigenvalue weighted by atomic mass is 10.3. The van der Waals surface area contributed by atoms with Gasteiger partial charge in [-0.2, -0.15) is 0 Å². The Balaban J connectivity index is 2.48. The molecule has 0 atom stereocenters. The van der Waals surface area contributed by atoms with Crippen LogP contribution in [0.15, 0.2) is 10.7 Å². The predicted octanol–water partition coefficient (Wildman–Crippen LogP) is 0.491. The molecule has 0 unspecified atom stereocenters. The monoisotopic (exact) mass is 185 g/mol. The van der Waals surface area contributed by atoms with Crippen molar-refractivity contribution < 1.29 is 19.1 Å². The Morgan fingerprint density at radius 1 is 1.77 bits per heavy atom. The second kappa shape index (κ2) is 4.61. The topological polar surface area (TPSA) is 72.6 Å². The number of ether oxygens (including phenoxy) is 1. The van der Waals surface area contributed by atoms with Crippen molar-refractivity contribution in [3.8, 4) is 0 Å². The highest BCUT2D eigenvalue weighted by Crippen LogP contribution is 2.03. The van der Waals surface area contributed by atoms with E-state index in [2.05, 4.69) is 4.98 Å². The van der Waals surface area contributed by atoms with E-state index in [-0.39, 0.29) is 6.42 Å². The van der Waals surface area contributed by atoms with Gasteiger partial charge in [0.25, 0.3) is 0 Å². The molecule has 0 spiro atoms. The van der Waals surface area contributed by atoms with Gasteiger partial charge in [-0.15, -0.1) is 0 Å². The Morgan fingerprint density at radius 3 is 3.15 bits per heavy atom. The molecule has 13 heavy (non-hydrogen) atoms. The maximum atomic E-state index is 10.3. The molecular weight excluding hydrogens is 174 g/mol. The number of oxazole rings is 1. The number of methoxy groups -OCH3 is 1. The molecule has 1 aromatic rings. The summed E-state index contributed by atoms with van der Waals surface area (Å²) in [4.78, 5) is 14.2. The van der Waals surface area contributed by atoms with Crippen LogP contribution >= 0.6 is 0 Å². The van der Waals surface area contributed by atoms with E-state index >= 15 is 0 Å². The molecule has 5 nitrogen and oxygen atoms in total. The van der Waals surface area contributed by atoms with Crippen LogP contribution in [-0.2, 0) is 22.4 Å². The van der Waals surface area contributed by atoms with Gasteiger partial charge < -0.3 is 14.3 Å². The molecule has 0 aliphatic carbocycles. The lowest BCUT2D eigenvalue weighted by Gasteiger charge is -1.91. The minimum absolute atomic E-state index is 0.101. The molecule has 5 heteroatoms. The van der Waals surface area contributed by atoms with Crippen LogP contribution < -0.4 is 0 Å². The van der Waals surface area contributed by atoms with Crippen molar-refractivity contribution in [3.63, 3.8) is 0 Å². The number of carbonyl (C=O) groups is 1. The second-order valence-electron chi connectivity index (χ2n) is 2.55. The number of carboxylic acid groups (broad SMARTS) is 1. The van der Waals surface area contributed by atoms with Gasteiger partial charge in [0.15, 0.2) is 5.89 Å². The van der Waals surface area contributed by atoms with Gasteiger partial charge >= 0.3 is 5.97 Å². The van der Waals surface area contributed by atoms with Crippen LogP contribution in [0.1, 0.15) is 11.6 Å². The third-order valence-electron chi connectivity index (χ3n) is 1.45. The van der Waals surface area contributed by atoms with Crippen LogP contribution in [-0.4, -0.2) is 29.8 Å². The average molecular weight is 185 g/mol. The van der Waals surface area contributed by atoms with Gasteiger partial charge in [-0.1, -0.05) is 0 Å². The van der Waals surface area contributed by atoms with Gasteiger partial charge in [0.1, 0.15) is 6.26 Å². The van der Waals surface area contributed by atoms with E-state index in [1.165, 1.54) is 6.26 Å². The maximum absolute atomic E-state index is 10.3. The first-order valence-electron chi connectivity index (χ1n) is 3.86. The van der Waals surface area contributed by atoms with E-state index in [1.54, 1.807) is 7.11 Å². The number of hydrogen-bond acceptors (Lipinski definition) is 4. The van der Waals surface area contributed by atoms with Crippen molar-refractivity contribution in [1.29, 1.82) is 0 Å². The molecule has 0 saturated heterocycles. The number of aromatic nitrogens is 1. The molecule has 0 aliphatic heterocycles. The molecule has 0 aromatic carbocycles. The van der Waals surface area contributed by atoms with Gasteiger partial charge in [-0.3, -0.25) is 4.79 Å². The number of aliphatic carboxylic acids is 1. The summed E-state index contributed by atoms with van der Waals surface area (Å²) in [6.45, 7) is 0.521. The Labute approximate surface area is 75.3 Å². The van der Waals surface area contributed by atoms with Crippen molar-refractivity contribution in [1.82, 2.24) is 4.98 Å². The van der Waals surface area contributed by atoms with E-state index < -0.39 is 5.97 Å². The van der Waals surface area contributed by atoms with Crippen LogP contribution in [0.5, 0.6) is 0 Å². The fourth-order valence-electron chi connectivity index (χ4n) is 0.889. The summed E-state index contributed by atoms with van der Waals surface area (Å²) in [5.41, 5.74) is 0.443. The van der Waals surface area contributed by atoms with Crippen molar-refractivity contribution in [2.24, 2.45) is 0 Å². The Hall–Kier alpha value is -1.36. The van der Waals surface area contributed by atoms with Crippen LogP contribution in [0.2, 0.25) is 0 Å². The zero-order valence-corrected chi connectivity index (χ0v) is 7.32. The molecule has 0 saturated carbocycles. The first kappa shape index (κ1) is 9.73. The normalized spacial score (nSPS) is 10.2. The summed E-state index contributed by atoms with van der Waals surface area (Å²) < 4.78 is 9.83. The average Bonchev–Trinajstić information content (AvgIpc) is 2.48. The molecule has 1 N–H and O–H groups in total. The van der Waals surface area contributed by atoms with E-state index in [0.717, 1.165) is 0 Å². The zero-order valence-electron chi connectivity index (χ0n) is 7.32. The van der Waals surface area contributed by atoms with Gasteiger partial charge in [0, 0.05) is 13.5 Å². The van der Waals surface area contributed by atoms with Crippen LogP contribution in [0.25, 0.3) is 0 Å². The molecule has 0 fully saturated rings. The summed E-state index contributed by atoms with van der Waals surface area (Å²) in [5.74, 6) is -0.398. The van der Waals surface area contributed by atoms with Crippen molar-refractivity contribution in [2.45, 2.75) is 12.8 Å². The van der Waals surface area contributed by atoms with E-state index in [4.69, 9.17) is 14.3 Å². The van der Waals surface area contributed by atoms with Crippen molar-refractivity contribution in [2.75, 3.05) is 13.7 Å². The third-order valence-corrected chi connectivity index (χ3v) is 1.45. The largest absolute Gasteiger partial charge is 0.481 e.